The Labute approximate surface area is 79.4 Å². The largest absolute Gasteiger partial charge is 0.457 e. The first kappa shape index (κ1) is 11.5. The van der Waals surface area contributed by atoms with Crippen molar-refractivity contribution in [3.8, 4) is 0 Å². The van der Waals surface area contributed by atoms with Gasteiger partial charge in [0.2, 0.25) is 0 Å². The molecule has 0 amide bonds. The maximum Gasteiger partial charge on any atom is 0.128 e. The highest BCUT2D eigenvalue weighted by Crippen LogP contribution is 2.01. The Morgan fingerprint density at radius 1 is 0.923 bits per heavy atom. The van der Waals surface area contributed by atoms with Crippen molar-refractivity contribution in [2.75, 3.05) is 0 Å². The van der Waals surface area contributed by atoms with Crippen LogP contribution in [0.3, 0.4) is 0 Å². The maximum absolute atomic E-state index is 5.16. The lowest BCUT2D eigenvalue weighted by Crippen LogP contribution is -1.95. The van der Waals surface area contributed by atoms with E-state index < -0.39 is 0 Å². The van der Waals surface area contributed by atoms with Crippen LogP contribution in [0.15, 0.2) is 17.6 Å². The van der Waals surface area contributed by atoms with E-state index in [4.69, 9.17) is 4.42 Å². The van der Waals surface area contributed by atoms with Crippen molar-refractivity contribution < 1.29 is 4.42 Å². The third-order valence-corrected chi connectivity index (χ3v) is 1.55. The van der Waals surface area contributed by atoms with Gasteiger partial charge in [0, 0.05) is 11.1 Å². The minimum absolute atomic E-state index is 0.597. The smallest absolute Gasteiger partial charge is 0.128 e. The van der Waals surface area contributed by atoms with Crippen LogP contribution in [0.2, 0.25) is 0 Å². The first-order chi connectivity index (χ1) is 6.20. The van der Waals surface area contributed by atoms with Gasteiger partial charge in [-0.15, -0.1) is 0 Å². The second-order valence-electron chi connectivity index (χ2n) is 2.18. The zero-order chi connectivity index (χ0) is 10.4. The van der Waals surface area contributed by atoms with Crippen LogP contribution in [0.4, 0.5) is 0 Å². The summed E-state index contributed by atoms with van der Waals surface area (Å²) >= 11 is 0. The zero-order valence-electron chi connectivity index (χ0n) is 8.39. The fourth-order valence-corrected chi connectivity index (χ4v) is 1.01. The molecule has 1 aromatic rings. The summed E-state index contributed by atoms with van der Waals surface area (Å²) in [6, 6.07) is 0. The second kappa shape index (κ2) is 5.20. The molecule has 0 saturated heterocycles. The Kier molecular flexibility index (Phi) is 4.60. The summed E-state index contributed by atoms with van der Waals surface area (Å²) in [4.78, 5) is 0. The highest BCUT2D eigenvalue weighted by molar-refractivity contribution is 5.63. The average molecular weight is 176 g/mol. The third kappa shape index (κ3) is 2.22. The molecular weight excluding hydrogens is 160 g/mol. The van der Waals surface area contributed by atoms with Crippen LogP contribution in [0.1, 0.15) is 25.0 Å². The second-order valence-corrected chi connectivity index (χ2v) is 2.18. The number of hydrogen-bond acceptors (Lipinski definition) is 1. The fourth-order valence-electron chi connectivity index (χ4n) is 1.01. The molecule has 0 aliphatic rings. The molecule has 0 spiro atoms. The summed E-state index contributed by atoms with van der Waals surface area (Å²) in [6.45, 7) is 18.7. The van der Waals surface area contributed by atoms with Crippen LogP contribution >= 0.6 is 0 Å². The van der Waals surface area contributed by atoms with E-state index in [9.17, 15) is 0 Å². The lowest BCUT2D eigenvalue weighted by Gasteiger charge is -1.85. The predicted octanol–water partition coefficient (Wildman–Crippen LogP) is 2.41. The van der Waals surface area contributed by atoms with E-state index in [1.165, 1.54) is 0 Å². The molecule has 1 aromatic heterocycles. The van der Waals surface area contributed by atoms with Gasteiger partial charge in [0.1, 0.15) is 10.8 Å². The monoisotopic (exact) mass is 176 g/mol. The molecule has 0 unspecified atom stereocenters. The summed E-state index contributed by atoms with van der Waals surface area (Å²) in [5.74, 6) is 0. The van der Waals surface area contributed by atoms with E-state index in [1.807, 2.05) is 13.8 Å². The van der Waals surface area contributed by atoms with Gasteiger partial charge < -0.3 is 4.42 Å². The Balaban J connectivity index is 0.000000671. The van der Waals surface area contributed by atoms with E-state index in [0.29, 0.717) is 10.8 Å². The molecule has 0 bridgehead atoms. The molecule has 0 fully saturated rings. The molecule has 0 aliphatic heterocycles. The lowest BCUT2D eigenvalue weighted by molar-refractivity contribution is 0.504. The molecule has 0 radical (unpaired) electrons. The quantitative estimate of drug-likeness (QED) is 0.674. The van der Waals surface area contributed by atoms with Crippen LogP contribution in [-0.4, -0.2) is 0 Å². The van der Waals surface area contributed by atoms with E-state index in [-0.39, 0.29) is 0 Å². The van der Waals surface area contributed by atoms with Gasteiger partial charge in [-0.3, -0.25) is 0 Å². The standard InChI is InChI=1S/C10H10O.C2H6/c1-5-9-7(3)11-8(4)10(9)6-2;1-2/h5-6H,1-4H2;1-2H3. The van der Waals surface area contributed by atoms with Crippen molar-refractivity contribution in [3.05, 3.63) is 35.1 Å². The topological polar surface area (TPSA) is 13.1 Å². The van der Waals surface area contributed by atoms with E-state index in [2.05, 4.69) is 26.3 Å². The Morgan fingerprint density at radius 2 is 1.23 bits per heavy atom. The van der Waals surface area contributed by atoms with Crippen LogP contribution in [0.25, 0.3) is 25.3 Å². The van der Waals surface area contributed by atoms with Gasteiger partial charge in [0.05, 0.1) is 0 Å². The van der Waals surface area contributed by atoms with Gasteiger partial charge in [-0.2, -0.15) is 0 Å². The van der Waals surface area contributed by atoms with Crippen LogP contribution in [-0.2, 0) is 0 Å². The summed E-state index contributed by atoms with van der Waals surface area (Å²) in [5, 5.41) is 0. The van der Waals surface area contributed by atoms with Gasteiger partial charge in [0.25, 0.3) is 0 Å². The Hall–Kier alpha value is -1.50. The van der Waals surface area contributed by atoms with Crippen molar-refractivity contribution in [3.63, 3.8) is 0 Å². The third-order valence-electron chi connectivity index (χ3n) is 1.55. The molecule has 0 saturated carbocycles. The molecule has 0 aliphatic carbocycles. The van der Waals surface area contributed by atoms with Gasteiger partial charge in [-0.1, -0.05) is 52.3 Å². The summed E-state index contributed by atoms with van der Waals surface area (Å²) in [6.07, 6.45) is 3.38. The summed E-state index contributed by atoms with van der Waals surface area (Å²) in [7, 11) is 0. The molecule has 1 heterocycles. The Morgan fingerprint density at radius 3 is 1.46 bits per heavy atom. The van der Waals surface area contributed by atoms with E-state index >= 15 is 0 Å². The maximum atomic E-state index is 5.16. The van der Waals surface area contributed by atoms with E-state index in [0.717, 1.165) is 11.1 Å². The highest BCUT2D eigenvalue weighted by Gasteiger charge is 2.01. The zero-order valence-corrected chi connectivity index (χ0v) is 8.39. The highest BCUT2D eigenvalue weighted by atomic mass is 16.3. The lowest BCUT2D eigenvalue weighted by atomic mass is 10.1. The average Bonchev–Trinajstić information content (AvgIpc) is 2.43. The predicted molar refractivity (Wildman–Crippen MR) is 60.5 cm³/mol. The minimum Gasteiger partial charge on any atom is -0.457 e. The fraction of sp³-hybridized carbons (Fsp3) is 0.167. The van der Waals surface area contributed by atoms with Crippen molar-refractivity contribution >= 4 is 25.3 Å². The Bertz CT molecular complexity index is 345. The van der Waals surface area contributed by atoms with Crippen molar-refractivity contribution in [2.45, 2.75) is 13.8 Å². The molecular formula is C12H16O. The molecule has 13 heavy (non-hydrogen) atoms. The van der Waals surface area contributed by atoms with Crippen LogP contribution in [0.5, 0.6) is 0 Å². The van der Waals surface area contributed by atoms with Crippen LogP contribution in [0, 0.1) is 0 Å². The molecule has 1 rings (SSSR count). The van der Waals surface area contributed by atoms with Crippen LogP contribution < -0.4 is 10.8 Å². The van der Waals surface area contributed by atoms with Gasteiger partial charge in [-0.05, 0) is 0 Å². The number of hydrogen-bond donors (Lipinski definition) is 0. The first-order valence-electron chi connectivity index (χ1n) is 4.26. The summed E-state index contributed by atoms with van der Waals surface area (Å²) < 4.78 is 5.16. The molecule has 0 N–H and O–H groups in total. The first-order valence-corrected chi connectivity index (χ1v) is 4.26. The molecule has 70 valence electrons. The molecule has 0 atom stereocenters. The molecule has 1 nitrogen and oxygen atoms in total. The normalized spacial score (nSPS) is 8.46. The van der Waals surface area contributed by atoms with Gasteiger partial charge in [-0.25, -0.2) is 0 Å². The minimum atomic E-state index is 0.597. The van der Waals surface area contributed by atoms with Crippen molar-refractivity contribution in [1.29, 1.82) is 0 Å². The van der Waals surface area contributed by atoms with Gasteiger partial charge >= 0.3 is 0 Å². The SMILES string of the molecule is C=Cc1c(C=C)c(=C)oc1=C.CC. The molecule has 1 heteroatoms. The number of furan rings is 1. The van der Waals surface area contributed by atoms with Gasteiger partial charge in [0.15, 0.2) is 0 Å². The van der Waals surface area contributed by atoms with Crippen molar-refractivity contribution in [1.82, 2.24) is 0 Å². The molecule has 0 aromatic carbocycles. The number of rotatable bonds is 2. The van der Waals surface area contributed by atoms with E-state index in [1.54, 1.807) is 12.2 Å². The van der Waals surface area contributed by atoms with Crippen molar-refractivity contribution in [2.24, 2.45) is 0 Å². The summed E-state index contributed by atoms with van der Waals surface area (Å²) in [5.41, 5.74) is 2.95.